The first kappa shape index (κ1) is 12.9. The fourth-order valence-electron chi connectivity index (χ4n) is 4.53. The van der Waals surface area contributed by atoms with Gasteiger partial charge < -0.3 is 5.73 Å². The fourth-order valence-corrected chi connectivity index (χ4v) is 4.53. The van der Waals surface area contributed by atoms with Gasteiger partial charge >= 0.3 is 0 Å². The molecule has 2 N–H and O–H groups in total. The van der Waals surface area contributed by atoms with Gasteiger partial charge in [0.2, 0.25) is 0 Å². The number of hydrogen-bond donors (Lipinski definition) is 1. The first-order chi connectivity index (χ1) is 8.47. The summed E-state index contributed by atoms with van der Waals surface area (Å²) in [6.07, 6.45) is 8.41. The van der Waals surface area contributed by atoms with Gasteiger partial charge in [0.25, 0.3) is 0 Å². The minimum atomic E-state index is 0.313. The molecule has 2 nitrogen and oxygen atoms in total. The molecule has 3 aliphatic carbocycles. The molecule has 0 radical (unpaired) electrons. The maximum absolute atomic E-state index is 6.30. The van der Waals surface area contributed by atoms with Crippen molar-refractivity contribution in [1.82, 2.24) is 4.90 Å². The molecule has 0 aromatic rings. The summed E-state index contributed by atoms with van der Waals surface area (Å²) in [7, 11) is 0. The first-order valence-corrected chi connectivity index (χ1v) is 7.94. The Hall–Kier alpha value is -0.0800. The molecular weight excluding hydrogens is 220 g/mol. The van der Waals surface area contributed by atoms with Gasteiger partial charge in [-0.3, -0.25) is 4.90 Å². The van der Waals surface area contributed by atoms with Gasteiger partial charge in [0.15, 0.2) is 0 Å². The highest BCUT2D eigenvalue weighted by Crippen LogP contribution is 2.53. The molecule has 104 valence electrons. The Morgan fingerprint density at radius 3 is 2.22 bits per heavy atom. The van der Waals surface area contributed by atoms with Gasteiger partial charge in [-0.25, -0.2) is 0 Å². The van der Waals surface area contributed by atoms with E-state index in [0.29, 0.717) is 11.0 Å². The molecule has 0 saturated heterocycles. The van der Waals surface area contributed by atoms with Crippen LogP contribution in [0.25, 0.3) is 0 Å². The molecule has 3 rings (SSSR count). The minimum absolute atomic E-state index is 0.313. The van der Waals surface area contributed by atoms with Crippen molar-refractivity contribution in [2.24, 2.45) is 23.0 Å². The van der Waals surface area contributed by atoms with Crippen molar-refractivity contribution < 1.29 is 0 Å². The summed E-state index contributed by atoms with van der Waals surface area (Å²) in [5.74, 6) is 1.75. The van der Waals surface area contributed by atoms with Gasteiger partial charge in [-0.2, -0.15) is 0 Å². The van der Waals surface area contributed by atoms with Gasteiger partial charge in [-0.15, -0.1) is 0 Å². The number of hydrogen-bond acceptors (Lipinski definition) is 2. The highest BCUT2D eigenvalue weighted by atomic mass is 15.3. The summed E-state index contributed by atoms with van der Waals surface area (Å²) >= 11 is 0. The van der Waals surface area contributed by atoms with E-state index < -0.39 is 0 Å². The summed E-state index contributed by atoms with van der Waals surface area (Å²) in [5.41, 5.74) is 7.10. The standard InChI is InChI=1S/C16H30N2/c1-12-8-15(2,3)10-16(12,11-17)18(14-6-7-14)9-13-4-5-13/h12-14H,4-11,17H2,1-3H3. The van der Waals surface area contributed by atoms with Gasteiger partial charge in [0.05, 0.1) is 0 Å². The van der Waals surface area contributed by atoms with Crippen LogP contribution in [-0.4, -0.2) is 29.6 Å². The highest BCUT2D eigenvalue weighted by molar-refractivity contribution is 5.10. The lowest BCUT2D eigenvalue weighted by Gasteiger charge is -2.45. The molecule has 0 aliphatic heterocycles. The van der Waals surface area contributed by atoms with Crippen LogP contribution in [0.15, 0.2) is 0 Å². The van der Waals surface area contributed by atoms with E-state index in [9.17, 15) is 0 Å². The molecule has 2 atom stereocenters. The number of rotatable bonds is 5. The lowest BCUT2D eigenvalue weighted by Crippen LogP contribution is -2.57. The molecular formula is C16H30N2. The summed E-state index contributed by atoms with van der Waals surface area (Å²) in [5, 5.41) is 0. The van der Waals surface area contributed by atoms with Crippen LogP contribution in [0.3, 0.4) is 0 Å². The number of nitrogens with two attached hydrogens (primary N) is 1. The predicted octanol–water partition coefficient (Wildman–Crippen LogP) is 3.01. The Morgan fingerprint density at radius 2 is 1.83 bits per heavy atom. The average Bonchev–Trinajstić information content (AvgIpc) is 3.12. The van der Waals surface area contributed by atoms with E-state index in [0.717, 1.165) is 24.4 Å². The molecule has 3 aliphatic rings. The Balaban J connectivity index is 1.83. The topological polar surface area (TPSA) is 29.3 Å². The van der Waals surface area contributed by atoms with E-state index in [1.54, 1.807) is 0 Å². The Labute approximate surface area is 112 Å². The molecule has 3 fully saturated rings. The summed E-state index contributed by atoms with van der Waals surface area (Å²) in [6.45, 7) is 9.51. The van der Waals surface area contributed by atoms with E-state index >= 15 is 0 Å². The van der Waals surface area contributed by atoms with Gasteiger partial charge in [-0.05, 0) is 55.8 Å². The quantitative estimate of drug-likeness (QED) is 0.812. The van der Waals surface area contributed by atoms with Crippen LogP contribution in [0.2, 0.25) is 0 Å². The molecule has 18 heavy (non-hydrogen) atoms. The second kappa shape index (κ2) is 4.21. The zero-order chi connectivity index (χ0) is 13.0. The van der Waals surface area contributed by atoms with E-state index in [4.69, 9.17) is 5.73 Å². The molecule has 2 heteroatoms. The van der Waals surface area contributed by atoms with Crippen molar-refractivity contribution in [3.05, 3.63) is 0 Å². The molecule has 0 heterocycles. The van der Waals surface area contributed by atoms with Crippen molar-refractivity contribution >= 4 is 0 Å². The Bertz CT molecular complexity index is 317. The molecule has 0 aromatic carbocycles. The molecule has 3 saturated carbocycles. The maximum atomic E-state index is 6.30. The molecule has 0 spiro atoms. The zero-order valence-electron chi connectivity index (χ0n) is 12.4. The normalized spacial score (nSPS) is 39.5. The van der Waals surface area contributed by atoms with Crippen LogP contribution in [0, 0.1) is 17.3 Å². The first-order valence-electron chi connectivity index (χ1n) is 7.94. The van der Waals surface area contributed by atoms with Crippen LogP contribution in [0.5, 0.6) is 0 Å². The monoisotopic (exact) mass is 250 g/mol. The predicted molar refractivity (Wildman–Crippen MR) is 76.4 cm³/mol. The lowest BCUT2D eigenvalue weighted by atomic mass is 9.84. The number of nitrogens with zero attached hydrogens (tertiary/aromatic N) is 1. The Kier molecular flexibility index (Phi) is 3.02. The van der Waals surface area contributed by atoms with Crippen LogP contribution in [0.4, 0.5) is 0 Å². The van der Waals surface area contributed by atoms with Crippen molar-refractivity contribution in [3.63, 3.8) is 0 Å². The SMILES string of the molecule is CC1CC(C)(C)CC1(CN)N(CC1CC1)C1CC1. The third-order valence-corrected chi connectivity index (χ3v) is 5.63. The zero-order valence-corrected chi connectivity index (χ0v) is 12.4. The van der Waals surface area contributed by atoms with Crippen LogP contribution >= 0.6 is 0 Å². The van der Waals surface area contributed by atoms with Crippen molar-refractivity contribution in [1.29, 1.82) is 0 Å². The van der Waals surface area contributed by atoms with E-state index in [-0.39, 0.29) is 0 Å². The van der Waals surface area contributed by atoms with E-state index in [1.807, 2.05) is 0 Å². The van der Waals surface area contributed by atoms with Crippen LogP contribution < -0.4 is 5.73 Å². The largest absolute Gasteiger partial charge is 0.329 e. The molecule has 0 amide bonds. The van der Waals surface area contributed by atoms with E-state index in [1.165, 1.54) is 45.1 Å². The second-order valence-electron chi connectivity index (χ2n) is 8.08. The third kappa shape index (κ3) is 2.22. The summed E-state index contributed by atoms with van der Waals surface area (Å²) < 4.78 is 0. The van der Waals surface area contributed by atoms with Crippen molar-refractivity contribution in [3.8, 4) is 0 Å². The molecule has 0 bridgehead atoms. The van der Waals surface area contributed by atoms with Crippen molar-refractivity contribution in [2.75, 3.05) is 13.1 Å². The van der Waals surface area contributed by atoms with Crippen LogP contribution in [-0.2, 0) is 0 Å². The van der Waals surface area contributed by atoms with Crippen LogP contribution in [0.1, 0.15) is 59.3 Å². The summed E-state index contributed by atoms with van der Waals surface area (Å²) in [4.78, 5) is 2.87. The Morgan fingerprint density at radius 1 is 1.17 bits per heavy atom. The van der Waals surface area contributed by atoms with Gasteiger partial charge in [0.1, 0.15) is 0 Å². The minimum Gasteiger partial charge on any atom is -0.329 e. The van der Waals surface area contributed by atoms with Gasteiger partial charge in [0, 0.05) is 24.7 Å². The van der Waals surface area contributed by atoms with Gasteiger partial charge in [-0.1, -0.05) is 20.8 Å². The highest BCUT2D eigenvalue weighted by Gasteiger charge is 2.54. The second-order valence-corrected chi connectivity index (χ2v) is 8.08. The average molecular weight is 250 g/mol. The smallest absolute Gasteiger partial charge is 0.0365 e. The molecule has 2 unspecified atom stereocenters. The van der Waals surface area contributed by atoms with Crippen molar-refractivity contribution in [2.45, 2.75) is 70.9 Å². The van der Waals surface area contributed by atoms with E-state index in [2.05, 4.69) is 25.7 Å². The fraction of sp³-hybridized carbons (Fsp3) is 1.00. The molecule has 0 aromatic heterocycles. The summed E-state index contributed by atoms with van der Waals surface area (Å²) in [6, 6.07) is 0.866. The third-order valence-electron chi connectivity index (χ3n) is 5.63. The maximum Gasteiger partial charge on any atom is 0.0365 e. The lowest BCUT2D eigenvalue weighted by molar-refractivity contribution is 0.0460.